The van der Waals surface area contributed by atoms with Gasteiger partial charge in [0, 0.05) is 17.8 Å². The third kappa shape index (κ3) is 0.282. The van der Waals surface area contributed by atoms with Gasteiger partial charge in [0.2, 0.25) is 0 Å². The lowest BCUT2D eigenvalue weighted by Crippen LogP contribution is -2.05. The van der Waals surface area contributed by atoms with Gasteiger partial charge in [-0.2, -0.15) is 0 Å². The summed E-state index contributed by atoms with van der Waals surface area (Å²) in [6, 6.07) is 2.00. The van der Waals surface area contributed by atoms with Gasteiger partial charge in [-0.1, -0.05) is 0 Å². The van der Waals surface area contributed by atoms with Gasteiger partial charge >= 0.3 is 0 Å². The van der Waals surface area contributed by atoms with Crippen molar-refractivity contribution >= 4 is 0 Å². The topological polar surface area (TPSA) is 25.8 Å². The molecule has 1 aromatic rings. The van der Waals surface area contributed by atoms with Crippen LogP contribution in [0.3, 0.4) is 0 Å². The van der Waals surface area contributed by atoms with E-state index in [4.69, 9.17) is 0 Å². The summed E-state index contributed by atoms with van der Waals surface area (Å²) in [6.07, 6.45) is 2.60. The third-order valence-electron chi connectivity index (χ3n) is 1.14. The lowest BCUT2D eigenvalue weighted by Gasteiger charge is -2.08. The van der Waals surface area contributed by atoms with E-state index in [1.54, 1.807) is 6.33 Å². The second-order valence-corrected chi connectivity index (χ2v) is 1.68. The van der Waals surface area contributed by atoms with Gasteiger partial charge in [0.05, 0.1) is 0 Å². The number of rotatable bonds is 0. The Hall–Kier alpha value is -0.920. The molecule has 0 aromatic carbocycles. The normalized spacial score (nSPS) is 13.1. The van der Waals surface area contributed by atoms with Crippen LogP contribution in [0.15, 0.2) is 12.4 Å². The van der Waals surface area contributed by atoms with Crippen LogP contribution in [0.1, 0.15) is 11.4 Å². The molecule has 0 amide bonds. The summed E-state index contributed by atoms with van der Waals surface area (Å²) in [5.41, 5.74) is 2.34. The molecule has 2 heterocycles. The Morgan fingerprint density at radius 3 is 2.00 bits per heavy atom. The van der Waals surface area contributed by atoms with Gasteiger partial charge in [-0.05, 0) is 6.07 Å². The third-order valence-corrected chi connectivity index (χ3v) is 1.14. The summed E-state index contributed by atoms with van der Waals surface area (Å²) in [5.74, 6) is 0. The minimum Gasteiger partial charge on any atom is -0.241 e. The largest absolute Gasteiger partial charge is 0.241 e. The van der Waals surface area contributed by atoms with Gasteiger partial charge in [0.25, 0.3) is 0 Å². The van der Waals surface area contributed by atoms with Gasteiger partial charge in [0.15, 0.2) is 0 Å². The average molecular weight is 92.1 g/mol. The Balaban J connectivity index is 2.78. The van der Waals surface area contributed by atoms with Crippen LogP contribution in [0, 0.1) is 0 Å². The maximum Gasteiger partial charge on any atom is 0.115 e. The van der Waals surface area contributed by atoms with Crippen molar-refractivity contribution in [2.45, 2.75) is 6.42 Å². The molecule has 0 saturated heterocycles. The number of hydrogen-bond acceptors (Lipinski definition) is 2. The molecule has 0 N–H and O–H groups in total. The van der Waals surface area contributed by atoms with Crippen molar-refractivity contribution in [3.05, 3.63) is 23.8 Å². The molecule has 0 atom stereocenters. The van der Waals surface area contributed by atoms with E-state index in [0.29, 0.717) is 0 Å². The summed E-state index contributed by atoms with van der Waals surface area (Å²) in [4.78, 5) is 7.89. The number of aromatic nitrogens is 2. The highest BCUT2D eigenvalue weighted by Crippen LogP contribution is 2.12. The monoisotopic (exact) mass is 92.0 g/mol. The molecule has 0 spiro atoms. The molecule has 2 heteroatoms. The second-order valence-electron chi connectivity index (χ2n) is 1.68. The zero-order valence-corrected chi connectivity index (χ0v) is 3.76. The van der Waals surface area contributed by atoms with Crippen molar-refractivity contribution in [3.8, 4) is 0 Å². The number of hydrogen-bond donors (Lipinski definition) is 0. The Kier molecular flexibility index (Phi) is 0.372. The van der Waals surface area contributed by atoms with Crippen LogP contribution in [-0.2, 0) is 6.42 Å². The van der Waals surface area contributed by atoms with Gasteiger partial charge < -0.3 is 0 Å². The van der Waals surface area contributed by atoms with E-state index in [0.717, 1.165) is 6.42 Å². The molecule has 1 aliphatic carbocycles. The number of nitrogens with zero attached hydrogens (tertiary/aromatic N) is 2. The van der Waals surface area contributed by atoms with Crippen LogP contribution in [0.5, 0.6) is 0 Å². The van der Waals surface area contributed by atoms with Crippen molar-refractivity contribution in [3.63, 3.8) is 0 Å². The highest BCUT2D eigenvalue weighted by atomic mass is 14.9. The first-order valence-corrected chi connectivity index (χ1v) is 2.25. The lowest BCUT2D eigenvalue weighted by molar-refractivity contribution is 0.879. The smallest absolute Gasteiger partial charge is 0.115 e. The molecular weight excluding hydrogens is 88.1 g/mol. The van der Waals surface area contributed by atoms with E-state index in [1.807, 2.05) is 6.07 Å². The first-order valence-electron chi connectivity index (χ1n) is 2.25. The first-order chi connectivity index (χ1) is 3.45. The summed E-state index contributed by atoms with van der Waals surface area (Å²) < 4.78 is 0. The van der Waals surface area contributed by atoms with Crippen LogP contribution in [0.2, 0.25) is 0 Å². The Bertz CT molecular complexity index is 170. The summed E-state index contributed by atoms with van der Waals surface area (Å²) in [5, 5.41) is 0. The summed E-state index contributed by atoms with van der Waals surface area (Å²) in [7, 11) is 0. The van der Waals surface area contributed by atoms with Crippen molar-refractivity contribution in [2.75, 3.05) is 0 Å². The fraction of sp³-hybridized carbons (Fsp3) is 0.200. The van der Waals surface area contributed by atoms with Crippen molar-refractivity contribution in [1.29, 1.82) is 0 Å². The Morgan fingerprint density at radius 2 is 1.86 bits per heavy atom. The standard InChI is InChI=1S/C5H4N2/c1-4-2-5(1)7-3-6-4/h1,3H,2H2. The van der Waals surface area contributed by atoms with Crippen LogP contribution < -0.4 is 0 Å². The van der Waals surface area contributed by atoms with Gasteiger partial charge in [-0.25, -0.2) is 9.97 Å². The minimum atomic E-state index is 0.997. The molecular formula is C5H4N2. The molecule has 7 heavy (non-hydrogen) atoms. The molecule has 1 aliphatic heterocycles. The fourth-order valence-corrected chi connectivity index (χ4v) is 0.692. The van der Waals surface area contributed by atoms with Crippen LogP contribution in [-0.4, -0.2) is 9.97 Å². The first kappa shape index (κ1) is 3.13. The minimum absolute atomic E-state index is 0.997. The SMILES string of the molecule is c1nc2cc(n1)C2. The molecule has 3 rings (SSSR count). The fourth-order valence-electron chi connectivity index (χ4n) is 0.692. The zero-order valence-electron chi connectivity index (χ0n) is 3.76. The molecule has 0 radical (unpaired) electrons. The second kappa shape index (κ2) is 0.832. The average Bonchev–Trinajstić information content (AvgIpc) is 1.67. The van der Waals surface area contributed by atoms with Crippen molar-refractivity contribution < 1.29 is 0 Å². The van der Waals surface area contributed by atoms with E-state index >= 15 is 0 Å². The highest BCUT2D eigenvalue weighted by molar-refractivity contribution is 5.24. The summed E-state index contributed by atoms with van der Waals surface area (Å²) in [6.45, 7) is 0. The molecule has 0 unspecified atom stereocenters. The maximum atomic E-state index is 3.94. The molecule has 2 aliphatic rings. The Labute approximate surface area is 41.2 Å². The van der Waals surface area contributed by atoms with Crippen molar-refractivity contribution in [1.82, 2.24) is 9.97 Å². The number of fused-ring (bicyclic) bond motifs is 2. The molecule has 34 valence electrons. The van der Waals surface area contributed by atoms with E-state index in [9.17, 15) is 0 Å². The predicted octanol–water partition coefficient (Wildman–Crippen LogP) is 0.381. The van der Waals surface area contributed by atoms with Gasteiger partial charge in [-0.15, -0.1) is 0 Å². The lowest BCUT2D eigenvalue weighted by atomic mass is 10.1. The predicted molar refractivity (Wildman–Crippen MR) is 24.8 cm³/mol. The van der Waals surface area contributed by atoms with E-state index < -0.39 is 0 Å². The van der Waals surface area contributed by atoms with Crippen molar-refractivity contribution in [2.24, 2.45) is 0 Å². The quantitative estimate of drug-likeness (QED) is 0.469. The van der Waals surface area contributed by atoms with Crippen LogP contribution in [0.25, 0.3) is 0 Å². The maximum absolute atomic E-state index is 3.94. The van der Waals surface area contributed by atoms with Gasteiger partial charge in [-0.3, -0.25) is 0 Å². The van der Waals surface area contributed by atoms with Crippen LogP contribution >= 0.6 is 0 Å². The van der Waals surface area contributed by atoms with E-state index in [2.05, 4.69) is 9.97 Å². The van der Waals surface area contributed by atoms with Gasteiger partial charge in [0.1, 0.15) is 6.33 Å². The molecule has 0 fully saturated rings. The molecule has 2 bridgehead atoms. The molecule has 2 nitrogen and oxygen atoms in total. The zero-order chi connectivity index (χ0) is 4.69. The highest BCUT2D eigenvalue weighted by Gasteiger charge is 2.08. The van der Waals surface area contributed by atoms with Crippen LogP contribution in [0.4, 0.5) is 0 Å². The molecule has 1 aromatic heterocycles. The Morgan fingerprint density at radius 1 is 1.29 bits per heavy atom. The summed E-state index contributed by atoms with van der Waals surface area (Å²) >= 11 is 0. The van der Waals surface area contributed by atoms with E-state index in [-0.39, 0.29) is 0 Å². The molecule has 0 saturated carbocycles. The van der Waals surface area contributed by atoms with E-state index in [1.165, 1.54) is 11.4 Å².